The minimum absolute atomic E-state index is 0.0332. The van der Waals surface area contributed by atoms with Crippen molar-refractivity contribution < 1.29 is 8.42 Å². The Kier molecular flexibility index (Phi) is 4.31. The number of hydrogen-bond acceptors (Lipinski definition) is 4. The van der Waals surface area contributed by atoms with Crippen molar-refractivity contribution in [3.8, 4) is 6.07 Å². The van der Waals surface area contributed by atoms with Gasteiger partial charge in [-0.15, -0.1) is 0 Å². The summed E-state index contributed by atoms with van der Waals surface area (Å²) in [4.78, 5) is 0.241. The van der Waals surface area contributed by atoms with Crippen LogP contribution in [0.4, 0.5) is 5.69 Å². The van der Waals surface area contributed by atoms with E-state index >= 15 is 0 Å². The van der Waals surface area contributed by atoms with E-state index in [9.17, 15) is 8.42 Å². The van der Waals surface area contributed by atoms with Crippen LogP contribution in [-0.2, 0) is 16.6 Å². The highest BCUT2D eigenvalue weighted by Gasteiger charge is 2.31. The van der Waals surface area contributed by atoms with Crippen molar-refractivity contribution >= 4 is 15.7 Å². The molecule has 1 atom stereocenters. The number of para-hydroxylation sites is 1. The standard InChI is InChI=1S/C18H19N3O2S/c1-13-9-15(10-19)7-8-18(13)24(22,23)21-12-14(2)20-11-16-5-3-4-6-17(16)21/h3-9,14,20H,11-12H2,1-2H3. The maximum atomic E-state index is 13.3. The Morgan fingerprint density at radius 1 is 1.25 bits per heavy atom. The summed E-state index contributed by atoms with van der Waals surface area (Å²) in [5.74, 6) is 0. The summed E-state index contributed by atoms with van der Waals surface area (Å²) in [5, 5.41) is 12.3. The van der Waals surface area contributed by atoms with Crippen LogP contribution >= 0.6 is 0 Å². The van der Waals surface area contributed by atoms with Gasteiger partial charge >= 0.3 is 0 Å². The van der Waals surface area contributed by atoms with Crippen LogP contribution in [0.25, 0.3) is 0 Å². The second-order valence-electron chi connectivity index (χ2n) is 6.04. The van der Waals surface area contributed by atoms with Crippen LogP contribution in [0.3, 0.4) is 0 Å². The number of rotatable bonds is 2. The molecule has 0 fully saturated rings. The van der Waals surface area contributed by atoms with E-state index in [-0.39, 0.29) is 10.9 Å². The first-order valence-electron chi connectivity index (χ1n) is 7.78. The van der Waals surface area contributed by atoms with Gasteiger partial charge in [0.1, 0.15) is 0 Å². The summed E-state index contributed by atoms with van der Waals surface area (Å²) in [6.45, 7) is 4.69. The van der Waals surface area contributed by atoms with Gasteiger partial charge in [0.15, 0.2) is 0 Å². The Labute approximate surface area is 142 Å². The number of hydrogen-bond donors (Lipinski definition) is 1. The molecule has 1 aliphatic rings. The number of benzene rings is 2. The van der Waals surface area contributed by atoms with Crippen molar-refractivity contribution in [2.24, 2.45) is 0 Å². The lowest BCUT2D eigenvalue weighted by atomic mass is 10.2. The Hall–Kier alpha value is -2.36. The molecule has 1 N–H and O–H groups in total. The third kappa shape index (κ3) is 2.88. The molecule has 0 saturated heterocycles. The van der Waals surface area contributed by atoms with Crippen LogP contribution in [0.2, 0.25) is 0 Å². The van der Waals surface area contributed by atoms with Crippen LogP contribution in [0, 0.1) is 18.3 Å². The lowest BCUT2D eigenvalue weighted by Crippen LogP contribution is -2.39. The molecule has 0 aromatic heterocycles. The van der Waals surface area contributed by atoms with Gasteiger partial charge < -0.3 is 5.32 Å². The summed E-state index contributed by atoms with van der Waals surface area (Å²) in [5.41, 5.74) is 2.70. The molecular formula is C18H19N3O2S. The maximum Gasteiger partial charge on any atom is 0.264 e. The Morgan fingerprint density at radius 2 is 2.00 bits per heavy atom. The second kappa shape index (κ2) is 6.27. The predicted octanol–water partition coefficient (Wildman–Crippen LogP) is 2.55. The highest BCUT2D eigenvalue weighted by Crippen LogP contribution is 2.30. The summed E-state index contributed by atoms with van der Waals surface area (Å²) < 4.78 is 28.0. The third-order valence-corrected chi connectivity index (χ3v) is 6.15. The number of nitrogens with zero attached hydrogens (tertiary/aromatic N) is 2. The zero-order valence-electron chi connectivity index (χ0n) is 13.7. The van der Waals surface area contributed by atoms with Gasteiger partial charge in [-0.05, 0) is 49.2 Å². The fourth-order valence-electron chi connectivity index (χ4n) is 2.95. The molecule has 0 amide bonds. The smallest absolute Gasteiger partial charge is 0.264 e. The van der Waals surface area contributed by atoms with Crippen molar-refractivity contribution in [3.05, 3.63) is 59.2 Å². The Bertz CT molecular complexity index is 916. The fraction of sp³-hybridized carbons (Fsp3) is 0.278. The number of nitrogens with one attached hydrogen (secondary N) is 1. The van der Waals surface area contributed by atoms with Gasteiger partial charge in [0.2, 0.25) is 0 Å². The van der Waals surface area contributed by atoms with Gasteiger partial charge in [-0.1, -0.05) is 18.2 Å². The maximum absolute atomic E-state index is 13.3. The first-order chi connectivity index (χ1) is 11.4. The average molecular weight is 341 g/mol. The minimum Gasteiger partial charge on any atom is -0.308 e. The quantitative estimate of drug-likeness (QED) is 0.911. The first-order valence-corrected chi connectivity index (χ1v) is 9.22. The monoisotopic (exact) mass is 341 g/mol. The zero-order chi connectivity index (χ0) is 17.3. The molecule has 1 heterocycles. The summed E-state index contributed by atoms with van der Waals surface area (Å²) in [6, 6.07) is 14.3. The molecule has 5 nitrogen and oxygen atoms in total. The fourth-order valence-corrected chi connectivity index (χ4v) is 4.75. The van der Waals surface area contributed by atoms with Gasteiger partial charge in [-0.25, -0.2) is 8.42 Å². The Balaban J connectivity index is 2.14. The van der Waals surface area contributed by atoms with Gasteiger partial charge in [0.25, 0.3) is 10.0 Å². The molecule has 0 radical (unpaired) electrons. The van der Waals surface area contributed by atoms with E-state index in [4.69, 9.17) is 5.26 Å². The molecule has 0 saturated carbocycles. The summed E-state index contributed by atoms with van der Waals surface area (Å²) in [6.07, 6.45) is 0. The van der Waals surface area contributed by atoms with Crippen LogP contribution in [0.1, 0.15) is 23.6 Å². The topological polar surface area (TPSA) is 73.2 Å². The SMILES string of the molecule is Cc1cc(C#N)ccc1S(=O)(=O)N1CC(C)NCc2ccccc21. The van der Waals surface area contributed by atoms with Gasteiger partial charge in [0, 0.05) is 19.1 Å². The molecule has 0 aliphatic carbocycles. The zero-order valence-corrected chi connectivity index (χ0v) is 14.5. The molecule has 1 unspecified atom stereocenters. The molecule has 1 aliphatic heterocycles. The normalized spacial score (nSPS) is 17.7. The highest BCUT2D eigenvalue weighted by molar-refractivity contribution is 7.92. The number of anilines is 1. The van der Waals surface area contributed by atoms with Crippen LogP contribution in [0.15, 0.2) is 47.4 Å². The Morgan fingerprint density at radius 3 is 2.71 bits per heavy atom. The van der Waals surface area contributed by atoms with Crippen molar-refractivity contribution in [1.82, 2.24) is 5.32 Å². The van der Waals surface area contributed by atoms with E-state index in [0.717, 1.165) is 5.56 Å². The van der Waals surface area contributed by atoms with E-state index < -0.39 is 10.0 Å². The molecule has 2 aromatic rings. The van der Waals surface area contributed by atoms with Crippen LogP contribution in [0.5, 0.6) is 0 Å². The molecule has 124 valence electrons. The summed E-state index contributed by atoms with van der Waals surface area (Å²) >= 11 is 0. The van der Waals surface area contributed by atoms with E-state index in [1.807, 2.05) is 37.3 Å². The second-order valence-corrected chi connectivity index (χ2v) is 7.87. The minimum atomic E-state index is -3.70. The van der Waals surface area contributed by atoms with E-state index in [2.05, 4.69) is 5.32 Å². The van der Waals surface area contributed by atoms with Crippen molar-refractivity contribution in [2.45, 2.75) is 31.3 Å². The van der Waals surface area contributed by atoms with Gasteiger partial charge in [0.05, 0.1) is 22.2 Å². The first kappa shape index (κ1) is 16.5. The van der Waals surface area contributed by atoms with Gasteiger partial charge in [-0.2, -0.15) is 5.26 Å². The van der Waals surface area contributed by atoms with Crippen LogP contribution < -0.4 is 9.62 Å². The van der Waals surface area contributed by atoms with Crippen molar-refractivity contribution in [3.63, 3.8) is 0 Å². The number of sulfonamides is 1. The molecule has 24 heavy (non-hydrogen) atoms. The van der Waals surface area contributed by atoms with Crippen molar-refractivity contribution in [2.75, 3.05) is 10.8 Å². The third-order valence-electron chi connectivity index (χ3n) is 4.21. The molecule has 3 rings (SSSR count). The number of aryl methyl sites for hydroxylation is 1. The predicted molar refractivity (Wildman–Crippen MR) is 93.2 cm³/mol. The lowest BCUT2D eigenvalue weighted by Gasteiger charge is -2.26. The molecule has 0 bridgehead atoms. The molecule has 2 aromatic carbocycles. The van der Waals surface area contributed by atoms with E-state index in [1.165, 1.54) is 10.4 Å². The molecule has 0 spiro atoms. The number of fused-ring (bicyclic) bond motifs is 1. The summed E-state index contributed by atoms with van der Waals surface area (Å²) in [7, 11) is -3.70. The average Bonchev–Trinajstić information content (AvgIpc) is 2.74. The van der Waals surface area contributed by atoms with Gasteiger partial charge in [-0.3, -0.25) is 4.31 Å². The molecular weight excluding hydrogens is 322 g/mol. The molecule has 6 heteroatoms. The highest BCUT2D eigenvalue weighted by atomic mass is 32.2. The number of nitriles is 1. The van der Waals surface area contributed by atoms with E-state index in [0.29, 0.717) is 29.9 Å². The van der Waals surface area contributed by atoms with E-state index in [1.54, 1.807) is 19.1 Å². The lowest BCUT2D eigenvalue weighted by molar-refractivity contribution is 0.556. The van der Waals surface area contributed by atoms with Crippen molar-refractivity contribution in [1.29, 1.82) is 5.26 Å². The van der Waals surface area contributed by atoms with Crippen LogP contribution in [-0.4, -0.2) is 21.0 Å². The largest absolute Gasteiger partial charge is 0.308 e.